The van der Waals surface area contributed by atoms with Crippen molar-refractivity contribution in [3.8, 4) is 0 Å². The van der Waals surface area contributed by atoms with Gasteiger partial charge in [-0.15, -0.1) is 0 Å². The van der Waals surface area contributed by atoms with Crippen LogP contribution < -0.4 is 11.5 Å². The van der Waals surface area contributed by atoms with Crippen LogP contribution in [-0.4, -0.2) is 15.7 Å². The summed E-state index contributed by atoms with van der Waals surface area (Å²) >= 11 is 0. The van der Waals surface area contributed by atoms with Crippen LogP contribution in [-0.2, 0) is 13.4 Å². The van der Waals surface area contributed by atoms with Gasteiger partial charge in [0, 0.05) is 9.79 Å². The molecule has 13 heavy (non-hydrogen) atoms. The fourth-order valence-corrected chi connectivity index (χ4v) is 1.13. The molecule has 5 nitrogen and oxygen atoms in total. The van der Waals surface area contributed by atoms with E-state index >= 15 is 0 Å². The molecule has 1 aromatic heterocycles. The fourth-order valence-electron chi connectivity index (χ4n) is 1.13. The Labute approximate surface area is 79.5 Å². The lowest BCUT2D eigenvalue weighted by Gasteiger charge is -1.96. The quantitative estimate of drug-likeness (QED) is 0.696. The molecule has 0 bridgehead atoms. The minimum Gasteiger partial charge on any atom is -0.395 e. The van der Waals surface area contributed by atoms with Crippen LogP contribution in [0.4, 0.5) is 5.69 Å². The number of carbonyl (C=O) groups excluding carboxylic acids is 1. The molecule has 0 aromatic carbocycles. The number of aromatic nitrogens is 2. The van der Waals surface area contributed by atoms with E-state index in [0.717, 1.165) is 0 Å². The zero-order chi connectivity index (χ0) is 11.8. The van der Waals surface area contributed by atoms with Crippen LogP contribution in [0.15, 0.2) is 0 Å². The normalized spacial score (nSPS) is 13.7. The van der Waals surface area contributed by atoms with E-state index in [1.54, 1.807) is 6.92 Å². The van der Waals surface area contributed by atoms with Crippen molar-refractivity contribution in [1.29, 1.82) is 0 Å². The van der Waals surface area contributed by atoms with Crippen molar-refractivity contribution in [1.82, 2.24) is 9.78 Å². The van der Waals surface area contributed by atoms with E-state index in [1.807, 2.05) is 0 Å². The smallest absolute Gasteiger partial charge is 0.269 e. The maximum atomic E-state index is 11.0. The second kappa shape index (κ2) is 3.47. The van der Waals surface area contributed by atoms with Gasteiger partial charge in [0.25, 0.3) is 5.91 Å². The summed E-state index contributed by atoms with van der Waals surface area (Å²) in [5.41, 5.74) is 10.9. The number of rotatable bonds is 3. The maximum absolute atomic E-state index is 11.0. The highest BCUT2D eigenvalue weighted by atomic mass is 16.1. The van der Waals surface area contributed by atoms with Gasteiger partial charge < -0.3 is 11.5 Å². The van der Waals surface area contributed by atoms with Crippen LogP contribution in [0.2, 0.25) is 0 Å². The van der Waals surface area contributed by atoms with E-state index in [0.29, 0.717) is 0 Å². The number of primary amides is 1. The molecule has 1 aromatic rings. The van der Waals surface area contributed by atoms with Gasteiger partial charge in [-0.25, -0.2) is 0 Å². The van der Waals surface area contributed by atoms with Gasteiger partial charge in [-0.3, -0.25) is 9.48 Å². The zero-order valence-corrected chi connectivity index (χ0v) is 7.66. The van der Waals surface area contributed by atoms with Crippen LogP contribution in [0.3, 0.4) is 0 Å². The molecule has 0 spiro atoms. The standard InChI is InChI=1S/C8H14N4O/c1-3-4-5-6(9)7(8(10)13)12(2)11-5/h3-4,9H2,1-2H3,(H2,10,13)/i4D2. The highest BCUT2D eigenvalue weighted by Crippen LogP contribution is 2.16. The highest BCUT2D eigenvalue weighted by Gasteiger charge is 2.16. The van der Waals surface area contributed by atoms with Crippen LogP contribution >= 0.6 is 0 Å². The van der Waals surface area contributed by atoms with Crippen molar-refractivity contribution in [3.63, 3.8) is 0 Å². The number of aryl methyl sites for hydroxylation is 2. The lowest BCUT2D eigenvalue weighted by Crippen LogP contribution is -2.17. The number of nitrogen functional groups attached to an aromatic ring is 1. The molecule has 0 aliphatic carbocycles. The summed E-state index contributed by atoms with van der Waals surface area (Å²) in [7, 11) is 1.51. The summed E-state index contributed by atoms with van der Waals surface area (Å²) in [5, 5.41) is 3.89. The molecule has 0 fully saturated rings. The molecule has 1 rings (SSSR count). The molecule has 0 radical (unpaired) electrons. The lowest BCUT2D eigenvalue weighted by molar-refractivity contribution is 0.0992. The Bertz CT molecular complexity index is 400. The molecule has 0 atom stereocenters. The first-order valence-electron chi connectivity index (χ1n) is 4.94. The molecule has 1 amide bonds. The first-order valence-corrected chi connectivity index (χ1v) is 3.94. The number of nitrogens with zero attached hydrogens (tertiary/aromatic N) is 2. The largest absolute Gasteiger partial charge is 0.395 e. The first kappa shape index (κ1) is 6.94. The minimum atomic E-state index is -1.64. The average molecular weight is 184 g/mol. The third-order valence-corrected chi connectivity index (χ3v) is 1.66. The Morgan fingerprint density at radius 2 is 2.38 bits per heavy atom. The van der Waals surface area contributed by atoms with Gasteiger partial charge in [-0.2, -0.15) is 5.10 Å². The predicted octanol–water partition coefficient (Wildman–Crippen LogP) is 0.0537. The number of hydrogen-bond donors (Lipinski definition) is 2. The van der Waals surface area contributed by atoms with Crippen molar-refractivity contribution >= 4 is 11.6 Å². The second-order valence-electron chi connectivity index (χ2n) is 2.63. The molecule has 0 aliphatic heterocycles. The lowest BCUT2D eigenvalue weighted by atomic mass is 10.2. The molecule has 72 valence electrons. The van der Waals surface area contributed by atoms with Crippen LogP contribution in [0.1, 0.15) is 32.3 Å². The van der Waals surface area contributed by atoms with Gasteiger partial charge in [-0.05, 0) is 6.37 Å². The van der Waals surface area contributed by atoms with Gasteiger partial charge in [-0.1, -0.05) is 13.3 Å². The van der Waals surface area contributed by atoms with Crippen LogP contribution in [0.5, 0.6) is 0 Å². The van der Waals surface area contributed by atoms with E-state index in [2.05, 4.69) is 5.10 Å². The summed E-state index contributed by atoms with van der Waals surface area (Å²) in [5.74, 6) is -0.708. The Balaban J connectivity index is 3.36. The van der Waals surface area contributed by atoms with Crippen molar-refractivity contribution in [2.75, 3.05) is 5.73 Å². The molecular weight excluding hydrogens is 168 g/mol. The zero-order valence-electron chi connectivity index (χ0n) is 9.66. The molecule has 0 saturated heterocycles. The minimum absolute atomic E-state index is 0.0249. The second-order valence-corrected chi connectivity index (χ2v) is 2.63. The Hall–Kier alpha value is -1.52. The monoisotopic (exact) mass is 184 g/mol. The van der Waals surface area contributed by atoms with E-state index in [4.69, 9.17) is 14.2 Å². The van der Waals surface area contributed by atoms with Crippen molar-refractivity contribution in [2.24, 2.45) is 12.8 Å². The summed E-state index contributed by atoms with van der Waals surface area (Å²) in [6.07, 6.45) is -1.41. The molecule has 4 N–H and O–H groups in total. The average Bonchev–Trinajstić information content (AvgIpc) is 2.42. The summed E-state index contributed by atoms with van der Waals surface area (Å²) < 4.78 is 16.5. The Kier molecular flexibility index (Phi) is 1.85. The predicted molar refractivity (Wildman–Crippen MR) is 50.1 cm³/mol. The summed E-state index contributed by atoms with van der Waals surface area (Å²) in [6.45, 7) is 1.68. The molecule has 5 heteroatoms. The van der Waals surface area contributed by atoms with E-state index < -0.39 is 12.3 Å². The third kappa shape index (κ3) is 1.63. The SMILES string of the molecule is [2H]C([2H])(CC)c1nn(C)c(C(N)=O)c1N. The Morgan fingerprint density at radius 3 is 2.77 bits per heavy atom. The molecule has 0 saturated carbocycles. The number of hydrogen-bond acceptors (Lipinski definition) is 3. The van der Waals surface area contributed by atoms with Gasteiger partial charge >= 0.3 is 0 Å². The first-order chi connectivity index (χ1) is 6.81. The molecule has 0 aliphatic rings. The maximum Gasteiger partial charge on any atom is 0.269 e. The Morgan fingerprint density at radius 1 is 1.77 bits per heavy atom. The van der Waals surface area contributed by atoms with Crippen molar-refractivity contribution in [2.45, 2.75) is 19.7 Å². The van der Waals surface area contributed by atoms with E-state index in [9.17, 15) is 4.79 Å². The molecular formula is C8H14N4O. The van der Waals surface area contributed by atoms with Gasteiger partial charge in [0.15, 0.2) is 0 Å². The van der Waals surface area contributed by atoms with Crippen LogP contribution in [0.25, 0.3) is 0 Å². The van der Waals surface area contributed by atoms with Gasteiger partial charge in [0.1, 0.15) is 5.69 Å². The summed E-state index contributed by atoms with van der Waals surface area (Å²) in [6, 6.07) is 0. The fraction of sp³-hybridized carbons (Fsp3) is 0.500. The number of anilines is 1. The molecule has 0 unspecified atom stereocenters. The third-order valence-electron chi connectivity index (χ3n) is 1.66. The van der Waals surface area contributed by atoms with Gasteiger partial charge in [0.2, 0.25) is 0 Å². The number of amides is 1. The number of carbonyl (C=O) groups is 1. The van der Waals surface area contributed by atoms with Gasteiger partial charge in [0.05, 0.1) is 11.4 Å². The van der Waals surface area contributed by atoms with Crippen LogP contribution in [0, 0.1) is 0 Å². The molecule has 1 heterocycles. The van der Waals surface area contributed by atoms with Crippen molar-refractivity contribution in [3.05, 3.63) is 11.4 Å². The topological polar surface area (TPSA) is 86.9 Å². The number of nitrogens with two attached hydrogens (primary N) is 2. The van der Waals surface area contributed by atoms with E-state index in [1.165, 1.54) is 11.7 Å². The highest BCUT2D eigenvalue weighted by molar-refractivity contribution is 5.96. The van der Waals surface area contributed by atoms with E-state index in [-0.39, 0.29) is 23.5 Å². The summed E-state index contributed by atoms with van der Waals surface area (Å²) in [4.78, 5) is 11.0. The van der Waals surface area contributed by atoms with Crippen molar-refractivity contribution < 1.29 is 7.54 Å².